The van der Waals surface area contributed by atoms with Gasteiger partial charge in [-0.15, -0.1) is 0 Å². The second kappa shape index (κ2) is 14.4. The van der Waals surface area contributed by atoms with Crippen LogP contribution < -0.4 is 14.4 Å². The zero-order chi connectivity index (χ0) is 31.9. The highest BCUT2D eigenvalue weighted by molar-refractivity contribution is 5.82. The van der Waals surface area contributed by atoms with E-state index in [0.29, 0.717) is 37.9 Å². The number of hydrogen-bond donors (Lipinski definition) is 2. The van der Waals surface area contributed by atoms with Crippen LogP contribution in [0.15, 0.2) is 73.1 Å². The van der Waals surface area contributed by atoms with Gasteiger partial charge in [-0.05, 0) is 78.9 Å². The Kier molecular flexibility index (Phi) is 9.73. The Morgan fingerprint density at radius 1 is 0.717 bits per heavy atom. The third-order valence-electron chi connectivity index (χ3n) is 8.10. The lowest BCUT2D eigenvalue weighted by Crippen LogP contribution is -2.12. The van der Waals surface area contributed by atoms with Gasteiger partial charge in [0.25, 0.3) is 0 Å². The molecular weight excluding hydrogens is 578 g/mol. The Bertz CT molecular complexity index is 1860. The van der Waals surface area contributed by atoms with E-state index in [4.69, 9.17) is 19.2 Å². The second-order valence-electron chi connectivity index (χ2n) is 11.7. The van der Waals surface area contributed by atoms with Gasteiger partial charge in [-0.2, -0.15) is 0 Å². The molecule has 238 valence electrons. The number of rotatable bonds is 15. The van der Waals surface area contributed by atoms with Crippen molar-refractivity contribution in [3.8, 4) is 34.5 Å². The summed E-state index contributed by atoms with van der Waals surface area (Å²) in [4.78, 5) is 27.3. The Morgan fingerprint density at radius 2 is 1.30 bits per heavy atom. The summed E-state index contributed by atoms with van der Waals surface area (Å²) < 4.78 is 17.3. The number of fused-ring (bicyclic) bond motifs is 2. The van der Waals surface area contributed by atoms with Crippen LogP contribution in [0.25, 0.3) is 45.1 Å². The van der Waals surface area contributed by atoms with Gasteiger partial charge in [-0.1, -0.05) is 26.3 Å². The molecule has 0 saturated heterocycles. The van der Waals surface area contributed by atoms with Gasteiger partial charge in [0, 0.05) is 19.8 Å². The normalized spacial score (nSPS) is 12.1. The monoisotopic (exact) mass is 619 g/mol. The van der Waals surface area contributed by atoms with Crippen LogP contribution in [0.1, 0.15) is 32.3 Å². The molecule has 4 heterocycles. The van der Waals surface area contributed by atoms with Crippen LogP contribution >= 0.6 is 0 Å². The highest BCUT2D eigenvalue weighted by Gasteiger charge is 2.10. The molecule has 0 amide bonds. The van der Waals surface area contributed by atoms with Gasteiger partial charge in [0.2, 0.25) is 0 Å². The van der Waals surface area contributed by atoms with Crippen molar-refractivity contribution in [2.24, 2.45) is 5.92 Å². The lowest BCUT2D eigenvalue weighted by Gasteiger charge is -2.11. The molecule has 0 aliphatic rings. The van der Waals surface area contributed by atoms with E-state index in [1.54, 1.807) is 12.4 Å². The first-order chi connectivity index (χ1) is 22.4. The zero-order valence-electron chi connectivity index (χ0n) is 26.9. The van der Waals surface area contributed by atoms with Crippen molar-refractivity contribution < 1.29 is 14.2 Å². The van der Waals surface area contributed by atoms with Crippen molar-refractivity contribution in [2.45, 2.75) is 33.1 Å². The van der Waals surface area contributed by atoms with Gasteiger partial charge in [-0.3, -0.25) is 0 Å². The van der Waals surface area contributed by atoms with E-state index in [2.05, 4.69) is 67.9 Å². The molecule has 1 unspecified atom stereocenters. The largest absolute Gasteiger partial charge is 0.490 e. The minimum atomic E-state index is 0.409. The number of H-pyrrole nitrogens is 2. The summed E-state index contributed by atoms with van der Waals surface area (Å²) in [6, 6.07) is 20.2. The number of aryl methyl sites for hydroxylation is 1. The highest BCUT2D eigenvalue weighted by Crippen LogP contribution is 2.25. The predicted molar refractivity (Wildman–Crippen MR) is 183 cm³/mol. The fraction of sp³-hybridized carbons (Fsp3) is 0.333. The minimum absolute atomic E-state index is 0.409. The van der Waals surface area contributed by atoms with E-state index < -0.39 is 0 Å². The molecule has 0 saturated carbocycles. The highest BCUT2D eigenvalue weighted by atomic mass is 16.5. The van der Waals surface area contributed by atoms with Gasteiger partial charge >= 0.3 is 0 Å². The van der Waals surface area contributed by atoms with E-state index in [0.717, 1.165) is 63.1 Å². The molecule has 6 aromatic rings. The molecular formula is C36H41N7O3. The molecule has 0 spiro atoms. The number of aromatic amines is 2. The van der Waals surface area contributed by atoms with Crippen molar-refractivity contribution in [1.29, 1.82) is 0 Å². The van der Waals surface area contributed by atoms with Crippen LogP contribution in [0.4, 0.5) is 5.69 Å². The molecule has 10 heteroatoms. The molecule has 0 fully saturated rings. The molecule has 1 atom stereocenters. The first-order valence-corrected chi connectivity index (χ1v) is 15.9. The van der Waals surface area contributed by atoms with E-state index in [1.165, 1.54) is 18.4 Å². The van der Waals surface area contributed by atoms with Gasteiger partial charge in [0.1, 0.15) is 36.1 Å². The first kappa shape index (κ1) is 31.0. The maximum Gasteiger partial charge on any atom is 0.157 e. The topological polar surface area (TPSA) is 114 Å². The summed E-state index contributed by atoms with van der Waals surface area (Å²) in [7, 11) is 4.03. The summed E-state index contributed by atoms with van der Waals surface area (Å²) >= 11 is 0. The van der Waals surface area contributed by atoms with Crippen molar-refractivity contribution in [2.75, 3.05) is 45.4 Å². The zero-order valence-corrected chi connectivity index (χ0v) is 26.9. The van der Waals surface area contributed by atoms with Crippen LogP contribution in [-0.4, -0.2) is 70.4 Å². The number of imidazole rings is 2. The average molecular weight is 620 g/mol. The molecule has 46 heavy (non-hydrogen) atoms. The summed E-state index contributed by atoms with van der Waals surface area (Å²) in [5.41, 5.74) is 7.83. The SMILES string of the molecule is CCC(C)CCc1ccc2nc(-c3ccc(OCCOCCOc4ccc(-c5nc6ccc(N(C)C)cc6[nH]5)nc4)cn3)[nH]c2c1. The standard InChI is InChI=1S/C36H41N7O3/c1-5-24(2)6-7-25-8-12-29-33(20-25)41-35(39-29)31-14-10-27(22-37-31)45-18-16-44-17-19-46-28-11-15-32(38-23-28)36-40-30-13-9-26(43(3)4)21-34(30)42-36/h8-15,20-24H,5-7,16-19H2,1-4H3,(H,39,41)(H,40,42). The van der Waals surface area contributed by atoms with Gasteiger partial charge in [0.15, 0.2) is 11.6 Å². The summed E-state index contributed by atoms with van der Waals surface area (Å²) in [6.45, 7) is 6.24. The van der Waals surface area contributed by atoms with E-state index in [-0.39, 0.29) is 0 Å². The molecule has 10 nitrogen and oxygen atoms in total. The van der Waals surface area contributed by atoms with Crippen LogP contribution in [0.2, 0.25) is 0 Å². The van der Waals surface area contributed by atoms with Crippen molar-refractivity contribution >= 4 is 27.8 Å². The van der Waals surface area contributed by atoms with Gasteiger partial charge in [0.05, 0.1) is 47.7 Å². The number of pyridine rings is 2. The van der Waals surface area contributed by atoms with Crippen molar-refractivity contribution in [3.05, 3.63) is 78.6 Å². The van der Waals surface area contributed by atoms with Crippen LogP contribution in [0.3, 0.4) is 0 Å². The summed E-state index contributed by atoms with van der Waals surface area (Å²) in [5, 5.41) is 0. The average Bonchev–Trinajstić information content (AvgIpc) is 3.71. The lowest BCUT2D eigenvalue weighted by molar-refractivity contribution is 0.0762. The van der Waals surface area contributed by atoms with Gasteiger partial charge in [-0.25, -0.2) is 19.9 Å². The summed E-state index contributed by atoms with van der Waals surface area (Å²) in [6.07, 6.45) is 6.90. The number of hydrogen-bond acceptors (Lipinski definition) is 8. The molecule has 6 rings (SSSR count). The molecule has 0 aliphatic carbocycles. The Balaban J connectivity index is 0.906. The number of nitrogens with one attached hydrogen (secondary N) is 2. The number of anilines is 1. The smallest absolute Gasteiger partial charge is 0.157 e. The third-order valence-corrected chi connectivity index (χ3v) is 8.10. The Morgan fingerprint density at radius 3 is 1.85 bits per heavy atom. The lowest BCUT2D eigenvalue weighted by atomic mass is 9.99. The van der Waals surface area contributed by atoms with Crippen molar-refractivity contribution in [3.63, 3.8) is 0 Å². The quantitative estimate of drug-likeness (QED) is 0.117. The van der Waals surface area contributed by atoms with Crippen LogP contribution in [0.5, 0.6) is 11.5 Å². The maximum atomic E-state index is 5.81. The van der Waals surface area contributed by atoms with Gasteiger partial charge < -0.3 is 29.1 Å². The Hall–Kier alpha value is -4.96. The Labute approximate surface area is 269 Å². The maximum absolute atomic E-state index is 5.81. The number of benzene rings is 2. The number of aromatic nitrogens is 6. The molecule has 0 bridgehead atoms. The fourth-order valence-corrected chi connectivity index (χ4v) is 5.10. The summed E-state index contributed by atoms with van der Waals surface area (Å²) in [5.74, 6) is 3.57. The number of ether oxygens (including phenoxy) is 3. The molecule has 0 radical (unpaired) electrons. The number of nitrogens with zero attached hydrogens (tertiary/aromatic N) is 5. The van der Waals surface area contributed by atoms with Crippen molar-refractivity contribution in [1.82, 2.24) is 29.9 Å². The predicted octanol–water partition coefficient (Wildman–Crippen LogP) is 7.08. The minimum Gasteiger partial charge on any atom is -0.490 e. The molecule has 2 aromatic carbocycles. The second-order valence-corrected chi connectivity index (χ2v) is 11.7. The third kappa shape index (κ3) is 7.63. The first-order valence-electron chi connectivity index (χ1n) is 15.9. The van der Waals surface area contributed by atoms with Crippen LogP contribution in [-0.2, 0) is 11.2 Å². The molecule has 2 N–H and O–H groups in total. The molecule has 0 aliphatic heterocycles. The van der Waals surface area contributed by atoms with Crippen LogP contribution in [0, 0.1) is 5.92 Å². The molecule has 4 aromatic heterocycles. The van der Waals surface area contributed by atoms with E-state index >= 15 is 0 Å². The van der Waals surface area contributed by atoms with E-state index in [1.807, 2.05) is 50.5 Å². The fourth-order valence-electron chi connectivity index (χ4n) is 5.10. The van der Waals surface area contributed by atoms with E-state index in [9.17, 15) is 0 Å².